The summed E-state index contributed by atoms with van der Waals surface area (Å²) >= 11 is 0. The Morgan fingerprint density at radius 2 is 1.93 bits per heavy atom. The quantitative estimate of drug-likeness (QED) is 0.806. The lowest BCUT2D eigenvalue weighted by atomic mass is 10.00. The van der Waals surface area contributed by atoms with Gasteiger partial charge in [-0.15, -0.1) is 0 Å². The molecular weight excluding hydrogens is 203 g/mol. The third kappa shape index (κ3) is 1.74. The highest BCUT2D eigenvalue weighted by Gasteiger charge is 2.43. The van der Waals surface area contributed by atoms with Crippen molar-refractivity contribution in [3.8, 4) is 0 Å². The smallest absolute Gasteiger partial charge is 0.163 e. The van der Waals surface area contributed by atoms with E-state index in [-0.39, 0.29) is 11.1 Å². The minimum absolute atomic E-state index is 0.0991. The fourth-order valence-electron chi connectivity index (χ4n) is 1.61. The van der Waals surface area contributed by atoms with Crippen LogP contribution in [0.25, 0.3) is 0 Å². The molecule has 15 heavy (non-hydrogen) atoms. The van der Waals surface area contributed by atoms with Gasteiger partial charge in [0.1, 0.15) is 6.17 Å². The van der Waals surface area contributed by atoms with Crippen molar-refractivity contribution in [3.63, 3.8) is 0 Å². The van der Waals surface area contributed by atoms with Crippen LogP contribution < -0.4 is 5.73 Å². The average Bonchev–Trinajstić information content (AvgIpc) is 2.89. The summed E-state index contributed by atoms with van der Waals surface area (Å²) in [5.74, 6) is -1.97. The highest BCUT2D eigenvalue weighted by atomic mass is 19.2. The van der Waals surface area contributed by atoms with Crippen molar-refractivity contribution in [1.82, 2.24) is 0 Å². The van der Waals surface area contributed by atoms with Crippen LogP contribution in [-0.2, 0) is 5.54 Å². The molecule has 1 aromatic rings. The van der Waals surface area contributed by atoms with E-state index in [2.05, 4.69) is 0 Å². The first-order valence-electron chi connectivity index (χ1n) is 4.86. The molecule has 0 aliphatic heterocycles. The van der Waals surface area contributed by atoms with Crippen LogP contribution >= 0.6 is 0 Å². The standard InChI is InChI=1S/C11H12F3N/c1-6(12)7-4-8(11(15)2-3-11)10(14)9(13)5-7/h4-6H,2-3,15H2,1H3. The van der Waals surface area contributed by atoms with Crippen LogP contribution in [0.1, 0.15) is 37.1 Å². The Balaban J connectivity index is 2.53. The second-order valence-corrected chi connectivity index (χ2v) is 4.14. The number of hydrogen-bond acceptors (Lipinski definition) is 1. The fraction of sp³-hybridized carbons (Fsp3) is 0.455. The molecule has 1 saturated carbocycles. The molecule has 1 unspecified atom stereocenters. The lowest BCUT2D eigenvalue weighted by molar-refractivity contribution is 0.370. The van der Waals surface area contributed by atoms with E-state index in [4.69, 9.17) is 5.73 Å². The van der Waals surface area contributed by atoms with E-state index in [0.717, 1.165) is 6.07 Å². The molecule has 0 aromatic heterocycles. The molecule has 0 bridgehead atoms. The highest BCUT2D eigenvalue weighted by molar-refractivity contribution is 5.36. The number of rotatable bonds is 2. The van der Waals surface area contributed by atoms with Gasteiger partial charge in [0.2, 0.25) is 0 Å². The van der Waals surface area contributed by atoms with E-state index < -0.39 is 23.3 Å². The Morgan fingerprint density at radius 1 is 1.33 bits per heavy atom. The maximum Gasteiger partial charge on any atom is 0.163 e. The zero-order valence-electron chi connectivity index (χ0n) is 8.36. The van der Waals surface area contributed by atoms with Gasteiger partial charge in [-0.3, -0.25) is 0 Å². The van der Waals surface area contributed by atoms with Crippen molar-refractivity contribution < 1.29 is 13.2 Å². The Bertz CT molecular complexity index is 397. The molecule has 1 fully saturated rings. The summed E-state index contributed by atoms with van der Waals surface area (Å²) in [6.45, 7) is 1.28. The Kier molecular flexibility index (Phi) is 2.26. The normalized spacial score (nSPS) is 20.1. The van der Waals surface area contributed by atoms with E-state index in [9.17, 15) is 13.2 Å². The lowest BCUT2D eigenvalue weighted by Gasteiger charge is -2.13. The number of benzene rings is 1. The maximum absolute atomic E-state index is 13.4. The van der Waals surface area contributed by atoms with Crippen molar-refractivity contribution in [2.75, 3.05) is 0 Å². The summed E-state index contributed by atoms with van der Waals surface area (Å²) in [6, 6.07) is 2.21. The van der Waals surface area contributed by atoms with E-state index >= 15 is 0 Å². The van der Waals surface area contributed by atoms with Crippen molar-refractivity contribution >= 4 is 0 Å². The van der Waals surface area contributed by atoms with Crippen LogP contribution in [0.5, 0.6) is 0 Å². The van der Waals surface area contributed by atoms with Crippen LogP contribution in [-0.4, -0.2) is 0 Å². The third-order valence-corrected chi connectivity index (χ3v) is 2.83. The SMILES string of the molecule is CC(F)c1cc(F)c(F)c(C2(N)CC2)c1. The summed E-state index contributed by atoms with van der Waals surface area (Å²) in [7, 11) is 0. The van der Waals surface area contributed by atoms with Gasteiger partial charge in [0.25, 0.3) is 0 Å². The molecule has 2 N–H and O–H groups in total. The van der Waals surface area contributed by atoms with Crippen molar-refractivity contribution in [3.05, 3.63) is 34.9 Å². The van der Waals surface area contributed by atoms with Crippen molar-refractivity contribution in [2.45, 2.75) is 31.5 Å². The minimum atomic E-state index is -1.32. The maximum atomic E-state index is 13.4. The second-order valence-electron chi connectivity index (χ2n) is 4.14. The Hall–Kier alpha value is -1.03. The molecule has 1 atom stereocenters. The topological polar surface area (TPSA) is 26.0 Å². The predicted molar refractivity (Wildman–Crippen MR) is 51.0 cm³/mol. The summed E-state index contributed by atoms with van der Waals surface area (Å²) in [6.07, 6.45) is -0.0813. The van der Waals surface area contributed by atoms with E-state index in [0.29, 0.717) is 12.8 Å². The van der Waals surface area contributed by atoms with Crippen molar-refractivity contribution in [2.24, 2.45) is 5.73 Å². The summed E-state index contributed by atoms with van der Waals surface area (Å²) in [5.41, 5.74) is 5.23. The number of hydrogen-bond donors (Lipinski definition) is 1. The largest absolute Gasteiger partial charge is 0.321 e. The molecule has 4 heteroatoms. The van der Waals surface area contributed by atoms with Gasteiger partial charge < -0.3 is 5.73 Å². The van der Waals surface area contributed by atoms with Gasteiger partial charge in [-0.05, 0) is 37.5 Å². The number of alkyl halides is 1. The van der Waals surface area contributed by atoms with Crippen LogP contribution in [0.4, 0.5) is 13.2 Å². The molecule has 1 aliphatic rings. The monoisotopic (exact) mass is 215 g/mol. The molecule has 0 radical (unpaired) electrons. The molecule has 82 valence electrons. The van der Waals surface area contributed by atoms with Gasteiger partial charge in [-0.25, -0.2) is 13.2 Å². The van der Waals surface area contributed by atoms with Crippen LogP contribution in [0.2, 0.25) is 0 Å². The lowest BCUT2D eigenvalue weighted by Crippen LogP contribution is -2.21. The van der Waals surface area contributed by atoms with Gasteiger partial charge >= 0.3 is 0 Å². The van der Waals surface area contributed by atoms with Gasteiger partial charge in [-0.2, -0.15) is 0 Å². The van der Waals surface area contributed by atoms with Crippen LogP contribution in [0.3, 0.4) is 0 Å². The average molecular weight is 215 g/mol. The molecular formula is C11H12F3N. The van der Waals surface area contributed by atoms with Gasteiger partial charge in [0.15, 0.2) is 11.6 Å². The zero-order chi connectivity index (χ0) is 11.2. The van der Waals surface area contributed by atoms with E-state index in [1.165, 1.54) is 13.0 Å². The van der Waals surface area contributed by atoms with Crippen molar-refractivity contribution in [1.29, 1.82) is 0 Å². The van der Waals surface area contributed by atoms with Gasteiger partial charge in [0, 0.05) is 11.1 Å². The third-order valence-electron chi connectivity index (χ3n) is 2.83. The number of nitrogens with two attached hydrogens (primary N) is 1. The molecule has 0 spiro atoms. The predicted octanol–water partition coefficient (Wildman–Crippen LogP) is 2.94. The van der Waals surface area contributed by atoms with Gasteiger partial charge in [-0.1, -0.05) is 0 Å². The highest BCUT2D eigenvalue weighted by Crippen LogP contribution is 2.44. The first-order chi connectivity index (χ1) is 6.94. The summed E-state index contributed by atoms with van der Waals surface area (Å²) in [4.78, 5) is 0. The molecule has 1 nitrogen and oxygen atoms in total. The number of halogens is 3. The molecule has 2 rings (SSSR count). The second kappa shape index (κ2) is 3.23. The molecule has 0 amide bonds. The molecule has 1 aliphatic carbocycles. The van der Waals surface area contributed by atoms with E-state index in [1.807, 2.05) is 0 Å². The van der Waals surface area contributed by atoms with Crippen LogP contribution in [0, 0.1) is 11.6 Å². The first kappa shape index (κ1) is 10.5. The summed E-state index contributed by atoms with van der Waals surface area (Å²) in [5, 5.41) is 0. The molecule has 1 aromatic carbocycles. The first-order valence-corrected chi connectivity index (χ1v) is 4.86. The minimum Gasteiger partial charge on any atom is -0.321 e. The Morgan fingerprint density at radius 3 is 2.40 bits per heavy atom. The van der Waals surface area contributed by atoms with E-state index in [1.54, 1.807) is 0 Å². The van der Waals surface area contributed by atoms with Crippen LogP contribution in [0.15, 0.2) is 12.1 Å². The zero-order valence-corrected chi connectivity index (χ0v) is 8.36. The van der Waals surface area contributed by atoms with Gasteiger partial charge in [0.05, 0.1) is 0 Å². The Labute approximate surface area is 86.1 Å². The molecule has 0 heterocycles. The fourth-order valence-corrected chi connectivity index (χ4v) is 1.61. The summed E-state index contributed by atoms with van der Waals surface area (Å²) < 4.78 is 39.6. The molecule has 0 saturated heterocycles.